The van der Waals surface area contributed by atoms with Gasteiger partial charge in [-0.2, -0.15) is 5.26 Å². The molecule has 0 aliphatic heterocycles. The van der Waals surface area contributed by atoms with Gasteiger partial charge in [0.25, 0.3) is 0 Å². The van der Waals surface area contributed by atoms with E-state index < -0.39 is 27.5 Å². The molecule has 0 aliphatic rings. The molecule has 0 N–H and O–H groups in total. The number of benzene rings is 1. The van der Waals surface area contributed by atoms with Crippen molar-refractivity contribution in [3.63, 3.8) is 0 Å². The van der Waals surface area contributed by atoms with Gasteiger partial charge in [0.15, 0.2) is 5.82 Å². The van der Waals surface area contributed by atoms with Crippen molar-refractivity contribution in [2.24, 2.45) is 0 Å². The monoisotopic (exact) mass is 235 g/mol. The molecule has 0 aliphatic carbocycles. The van der Waals surface area contributed by atoms with E-state index in [2.05, 4.69) is 15.9 Å². The minimum Gasteiger partial charge on any atom is -0.206 e. The van der Waals surface area contributed by atoms with Crippen LogP contribution in [0.2, 0.25) is 0 Å². The summed E-state index contributed by atoms with van der Waals surface area (Å²) in [7, 11) is 0. The van der Waals surface area contributed by atoms with Crippen LogP contribution < -0.4 is 0 Å². The number of nitriles is 1. The summed E-state index contributed by atoms with van der Waals surface area (Å²) in [6, 6.07) is 1.74. The predicted molar refractivity (Wildman–Crippen MR) is 38.7 cm³/mol. The lowest BCUT2D eigenvalue weighted by molar-refractivity contribution is 0.530. The number of rotatable bonds is 0. The van der Waals surface area contributed by atoms with E-state index in [1.165, 1.54) is 6.07 Å². The Labute approximate surface area is 74.6 Å². The number of nitrogens with zero attached hydrogens (tertiary/aromatic N) is 1. The van der Waals surface area contributed by atoms with E-state index in [0.29, 0.717) is 6.07 Å². The quantitative estimate of drug-likeness (QED) is 0.501. The Morgan fingerprint density at radius 2 is 1.83 bits per heavy atom. The molecule has 1 rings (SSSR count). The predicted octanol–water partition coefficient (Wildman–Crippen LogP) is 2.74. The summed E-state index contributed by atoms with van der Waals surface area (Å²) in [6.07, 6.45) is 0. The fraction of sp³-hybridized carbons (Fsp3) is 0. The minimum absolute atomic E-state index is 0.450. The maximum Gasteiger partial charge on any atom is 0.161 e. The molecule has 0 spiro atoms. The third-order valence-corrected chi connectivity index (χ3v) is 1.95. The first-order valence-electron chi connectivity index (χ1n) is 2.81. The Bertz CT molecular complexity index is 370. The molecule has 0 saturated carbocycles. The van der Waals surface area contributed by atoms with Gasteiger partial charge >= 0.3 is 0 Å². The zero-order chi connectivity index (χ0) is 9.30. The van der Waals surface area contributed by atoms with Gasteiger partial charge in [-0.15, -0.1) is 0 Å². The standard InChI is InChI=1S/C7HBrF3N/c8-6-5(10)1-4(9)3(2-12)7(6)11/h1H. The highest BCUT2D eigenvalue weighted by Gasteiger charge is 2.16. The molecule has 0 saturated heterocycles. The van der Waals surface area contributed by atoms with Gasteiger partial charge in [-0.3, -0.25) is 0 Å². The van der Waals surface area contributed by atoms with E-state index in [4.69, 9.17) is 5.26 Å². The molecule has 0 aromatic heterocycles. The van der Waals surface area contributed by atoms with E-state index >= 15 is 0 Å². The summed E-state index contributed by atoms with van der Waals surface area (Å²) < 4.78 is 37.3. The fourth-order valence-corrected chi connectivity index (χ4v) is 0.981. The van der Waals surface area contributed by atoms with Crippen LogP contribution in [0.25, 0.3) is 0 Å². The van der Waals surface area contributed by atoms with Gasteiger partial charge in [0.1, 0.15) is 23.3 Å². The summed E-state index contributed by atoms with van der Waals surface area (Å²) in [5, 5.41) is 8.24. The van der Waals surface area contributed by atoms with Crippen molar-refractivity contribution in [2.75, 3.05) is 0 Å². The van der Waals surface area contributed by atoms with E-state index in [9.17, 15) is 13.2 Å². The van der Waals surface area contributed by atoms with Crippen LogP contribution in [0.5, 0.6) is 0 Å². The molecule has 0 amide bonds. The summed E-state index contributed by atoms with van der Waals surface area (Å²) >= 11 is 2.54. The first-order valence-corrected chi connectivity index (χ1v) is 3.60. The van der Waals surface area contributed by atoms with Crippen molar-refractivity contribution in [1.82, 2.24) is 0 Å². The number of hydrogen-bond acceptors (Lipinski definition) is 1. The van der Waals surface area contributed by atoms with Crippen molar-refractivity contribution in [1.29, 1.82) is 5.26 Å². The van der Waals surface area contributed by atoms with Gasteiger partial charge in [-0.25, -0.2) is 13.2 Å². The average Bonchev–Trinajstić information content (AvgIpc) is 2.01. The van der Waals surface area contributed by atoms with E-state index in [1.807, 2.05) is 0 Å². The van der Waals surface area contributed by atoms with Gasteiger partial charge in [-0.1, -0.05) is 0 Å². The van der Waals surface area contributed by atoms with Crippen LogP contribution in [0, 0.1) is 28.8 Å². The Morgan fingerprint density at radius 1 is 1.25 bits per heavy atom. The van der Waals surface area contributed by atoms with Crippen molar-refractivity contribution in [2.45, 2.75) is 0 Å². The van der Waals surface area contributed by atoms with E-state index in [-0.39, 0.29) is 0 Å². The lowest BCUT2D eigenvalue weighted by atomic mass is 10.2. The maximum absolute atomic E-state index is 12.8. The molecule has 62 valence electrons. The lowest BCUT2D eigenvalue weighted by Gasteiger charge is -1.99. The van der Waals surface area contributed by atoms with Crippen LogP contribution >= 0.6 is 15.9 Å². The molecule has 0 unspecified atom stereocenters. The molecule has 12 heavy (non-hydrogen) atoms. The van der Waals surface area contributed by atoms with Crippen molar-refractivity contribution < 1.29 is 13.2 Å². The topological polar surface area (TPSA) is 23.8 Å². The van der Waals surface area contributed by atoms with Crippen molar-refractivity contribution in [3.8, 4) is 6.07 Å². The molecule has 1 aromatic carbocycles. The van der Waals surface area contributed by atoms with Gasteiger partial charge in [0, 0.05) is 6.07 Å². The second kappa shape index (κ2) is 3.15. The molecular weight excluding hydrogens is 235 g/mol. The zero-order valence-corrected chi connectivity index (χ0v) is 7.12. The maximum atomic E-state index is 12.8. The van der Waals surface area contributed by atoms with Crippen LogP contribution in [0.4, 0.5) is 13.2 Å². The average molecular weight is 236 g/mol. The molecule has 1 aromatic rings. The minimum atomic E-state index is -1.21. The van der Waals surface area contributed by atoms with Gasteiger partial charge in [0.05, 0.1) is 4.47 Å². The molecule has 0 radical (unpaired) electrons. The van der Waals surface area contributed by atoms with Crippen LogP contribution in [-0.2, 0) is 0 Å². The summed E-state index contributed by atoms with van der Waals surface area (Å²) in [5.41, 5.74) is -0.789. The van der Waals surface area contributed by atoms with Crippen molar-refractivity contribution >= 4 is 15.9 Å². The molecule has 0 bridgehead atoms. The second-order valence-electron chi connectivity index (χ2n) is 1.95. The molecule has 0 heterocycles. The van der Waals surface area contributed by atoms with Crippen LogP contribution in [0.1, 0.15) is 5.56 Å². The van der Waals surface area contributed by atoms with Crippen LogP contribution in [-0.4, -0.2) is 0 Å². The Hall–Kier alpha value is -1.02. The molecule has 1 nitrogen and oxygen atoms in total. The van der Waals surface area contributed by atoms with Gasteiger partial charge < -0.3 is 0 Å². The highest BCUT2D eigenvalue weighted by molar-refractivity contribution is 9.10. The van der Waals surface area contributed by atoms with E-state index in [1.54, 1.807) is 0 Å². The molecular formula is C7HBrF3N. The first-order chi connectivity index (χ1) is 5.57. The molecule has 5 heteroatoms. The summed E-state index contributed by atoms with van der Waals surface area (Å²) in [5.74, 6) is -3.48. The van der Waals surface area contributed by atoms with Crippen LogP contribution in [0.3, 0.4) is 0 Å². The first kappa shape index (κ1) is 9.07. The fourth-order valence-electron chi connectivity index (χ4n) is 0.669. The highest BCUT2D eigenvalue weighted by atomic mass is 79.9. The molecule has 0 atom stereocenters. The van der Waals surface area contributed by atoms with E-state index in [0.717, 1.165) is 0 Å². The largest absolute Gasteiger partial charge is 0.206 e. The van der Waals surface area contributed by atoms with Crippen LogP contribution in [0.15, 0.2) is 10.5 Å². The zero-order valence-electron chi connectivity index (χ0n) is 5.54. The summed E-state index contributed by atoms with van der Waals surface area (Å²) in [6.45, 7) is 0. The number of halogens is 4. The Morgan fingerprint density at radius 3 is 2.33 bits per heavy atom. The molecule has 0 fully saturated rings. The Kier molecular flexibility index (Phi) is 2.38. The normalized spacial score (nSPS) is 9.58. The Balaban J connectivity index is 3.54. The third-order valence-electron chi connectivity index (χ3n) is 1.23. The smallest absolute Gasteiger partial charge is 0.161 e. The second-order valence-corrected chi connectivity index (χ2v) is 2.75. The van der Waals surface area contributed by atoms with Crippen molar-refractivity contribution in [3.05, 3.63) is 33.6 Å². The van der Waals surface area contributed by atoms with Gasteiger partial charge in [0.2, 0.25) is 0 Å². The summed E-state index contributed by atoms with van der Waals surface area (Å²) in [4.78, 5) is 0. The number of hydrogen-bond donors (Lipinski definition) is 0. The highest BCUT2D eigenvalue weighted by Crippen LogP contribution is 2.24. The lowest BCUT2D eigenvalue weighted by Crippen LogP contribution is -1.94. The SMILES string of the molecule is N#Cc1c(F)cc(F)c(Br)c1F. The van der Waals surface area contributed by atoms with Gasteiger partial charge in [-0.05, 0) is 15.9 Å². The third kappa shape index (κ3) is 1.30.